The van der Waals surface area contributed by atoms with E-state index in [9.17, 15) is 10.4 Å². The number of hydrogen-bond donors (Lipinski definition) is 1. The molecule has 1 aromatic rings. The maximum absolute atomic E-state index is 12.2. The molecule has 2 rings (SSSR count). The molecule has 1 aliphatic rings. The Bertz CT molecular complexity index is 435. The molecule has 0 amide bonds. The lowest BCUT2D eigenvalue weighted by Gasteiger charge is -2.33. The van der Waals surface area contributed by atoms with E-state index in [1.165, 1.54) is 11.3 Å². The second kappa shape index (κ2) is 3.21. The third-order valence-corrected chi connectivity index (χ3v) is 4.53. The molecule has 0 saturated heterocycles. The summed E-state index contributed by atoms with van der Waals surface area (Å²) in [6, 6.07) is 3.71. The van der Waals surface area contributed by atoms with E-state index >= 15 is 0 Å². The average Bonchev–Trinajstić information content (AvgIpc) is 2.73. The monoisotopic (exact) mass is 240 g/mol. The van der Waals surface area contributed by atoms with Gasteiger partial charge in [0.25, 0.3) is 0 Å². The van der Waals surface area contributed by atoms with Crippen molar-refractivity contribution < 1.29 is 9.95 Å². The van der Waals surface area contributed by atoms with Crippen molar-refractivity contribution in [2.75, 3.05) is 0 Å². The number of thiophene rings is 1. The number of nitrogens with zero attached hydrogens (tertiary/aromatic N) is 2. The molecule has 1 aromatic heterocycles. The number of hydrogen-bond acceptors (Lipinski definition) is 4. The van der Waals surface area contributed by atoms with Crippen LogP contribution in [0.4, 0.5) is 0 Å². The Balaban J connectivity index is 2.59. The molecule has 1 N–H and O–H groups in total. The molecule has 5 heteroatoms. The van der Waals surface area contributed by atoms with E-state index in [4.69, 9.17) is 0 Å². The lowest BCUT2D eigenvalue weighted by Crippen LogP contribution is -2.53. The highest BCUT2D eigenvalue weighted by Gasteiger charge is 2.59. The Morgan fingerprint density at radius 3 is 2.38 bits per heavy atom. The Morgan fingerprint density at radius 2 is 2.00 bits per heavy atom. The van der Waals surface area contributed by atoms with Crippen LogP contribution in [0.25, 0.3) is 0 Å². The van der Waals surface area contributed by atoms with E-state index in [1.807, 2.05) is 45.2 Å². The first-order chi connectivity index (χ1) is 7.30. The summed E-state index contributed by atoms with van der Waals surface area (Å²) >= 11 is 1.45. The van der Waals surface area contributed by atoms with Crippen molar-refractivity contribution in [3.8, 4) is 0 Å². The van der Waals surface area contributed by atoms with E-state index in [0.29, 0.717) is 5.84 Å². The van der Waals surface area contributed by atoms with Gasteiger partial charge in [0.2, 0.25) is 0 Å². The first-order valence-corrected chi connectivity index (χ1v) is 6.05. The van der Waals surface area contributed by atoms with Gasteiger partial charge in [-0.15, -0.1) is 16.4 Å². The van der Waals surface area contributed by atoms with Gasteiger partial charge >= 0.3 is 5.84 Å². The van der Waals surface area contributed by atoms with Gasteiger partial charge in [-0.2, -0.15) is 0 Å². The topological polar surface area (TPSA) is 49.5 Å². The van der Waals surface area contributed by atoms with Crippen molar-refractivity contribution in [2.24, 2.45) is 0 Å². The normalized spacial score (nSPS) is 22.9. The second-order valence-electron chi connectivity index (χ2n) is 5.03. The number of rotatable bonds is 1. The highest BCUT2D eigenvalue weighted by Crippen LogP contribution is 2.37. The van der Waals surface area contributed by atoms with Crippen LogP contribution in [-0.2, 0) is 0 Å². The minimum atomic E-state index is -0.666. The molecule has 1 aliphatic heterocycles. The van der Waals surface area contributed by atoms with Crippen molar-refractivity contribution >= 4 is 17.2 Å². The average molecular weight is 240 g/mol. The molecule has 88 valence electrons. The van der Waals surface area contributed by atoms with Crippen molar-refractivity contribution in [3.05, 3.63) is 27.6 Å². The summed E-state index contributed by atoms with van der Waals surface area (Å²) in [7, 11) is 0. The molecule has 0 fully saturated rings. The van der Waals surface area contributed by atoms with Gasteiger partial charge in [-0.05, 0) is 39.1 Å². The fourth-order valence-electron chi connectivity index (χ4n) is 1.73. The van der Waals surface area contributed by atoms with Crippen LogP contribution in [0, 0.1) is 5.21 Å². The third kappa shape index (κ3) is 1.21. The van der Waals surface area contributed by atoms with E-state index in [1.54, 1.807) is 0 Å². The van der Waals surface area contributed by atoms with Gasteiger partial charge in [0, 0.05) is 0 Å². The first-order valence-electron chi connectivity index (χ1n) is 5.17. The standard InChI is InChI=1S/C11H16N2O2S/c1-10(2)11(3,4)13(15)9(12(10)14)8-6-5-7-16-8/h5-7,14H,1-4H3. The molecule has 0 spiro atoms. The number of hydroxylamine groups is 3. The molecular formula is C11H16N2O2S. The van der Waals surface area contributed by atoms with E-state index in [0.717, 1.165) is 14.7 Å². The molecular weight excluding hydrogens is 224 g/mol. The van der Waals surface area contributed by atoms with Crippen LogP contribution in [0.1, 0.15) is 32.6 Å². The fraction of sp³-hybridized carbons (Fsp3) is 0.545. The minimum Gasteiger partial charge on any atom is -0.714 e. The van der Waals surface area contributed by atoms with Gasteiger partial charge in [0.15, 0.2) is 5.54 Å². The third-order valence-electron chi connectivity index (χ3n) is 3.67. The van der Waals surface area contributed by atoms with Crippen LogP contribution in [-0.4, -0.2) is 31.9 Å². The van der Waals surface area contributed by atoms with Gasteiger partial charge in [0.05, 0.1) is 0 Å². The summed E-state index contributed by atoms with van der Waals surface area (Å²) < 4.78 is 0.902. The van der Waals surface area contributed by atoms with Gasteiger partial charge in [-0.3, -0.25) is 4.74 Å². The molecule has 16 heavy (non-hydrogen) atoms. The van der Waals surface area contributed by atoms with Gasteiger partial charge < -0.3 is 5.21 Å². The predicted molar refractivity (Wildman–Crippen MR) is 63.8 cm³/mol. The largest absolute Gasteiger partial charge is 0.714 e. The lowest BCUT2D eigenvalue weighted by molar-refractivity contribution is -0.539. The van der Waals surface area contributed by atoms with Gasteiger partial charge in [-0.25, -0.2) is 5.21 Å². The molecule has 4 nitrogen and oxygen atoms in total. The lowest BCUT2D eigenvalue weighted by atomic mass is 9.84. The Kier molecular flexibility index (Phi) is 2.29. The maximum Gasteiger partial charge on any atom is 0.323 e. The van der Waals surface area contributed by atoms with E-state index in [-0.39, 0.29) is 0 Å². The zero-order chi connectivity index (χ0) is 12.1. The summed E-state index contributed by atoms with van der Waals surface area (Å²) in [6.45, 7) is 7.39. The number of amidine groups is 1. The Morgan fingerprint density at radius 1 is 1.38 bits per heavy atom. The summed E-state index contributed by atoms with van der Waals surface area (Å²) in [5.74, 6) is 0.338. The van der Waals surface area contributed by atoms with E-state index in [2.05, 4.69) is 0 Å². The zero-order valence-electron chi connectivity index (χ0n) is 9.89. The quantitative estimate of drug-likeness (QED) is 0.605. The minimum absolute atomic E-state index is 0.338. The second-order valence-corrected chi connectivity index (χ2v) is 5.97. The van der Waals surface area contributed by atoms with Crippen LogP contribution in [0.3, 0.4) is 0 Å². The molecule has 0 unspecified atom stereocenters. The molecule has 0 bridgehead atoms. The van der Waals surface area contributed by atoms with Crippen molar-refractivity contribution in [1.82, 2.24) is 5.06 Å². The predicted octanol–water partition coefficient (Wildman–Crippen LogP) is 2.27. The molecule has 0 saturated carbocycles. The Hall–Kier alpha value is -1.07. The summed E-state index contributed by atoms with van der Waals surface area (Å²) in [4.78, 5) is 0.788. The fourth-order valence-corrected chi connectivity index (χ4v) is 2.47. The van der Waals surface area contributed by atoms with Crippen molar-refractivity contribution in [1.29, 1.82) is 0 Å². The summed E-state index contributed by atoms with van der Waals surface area (Å²) in [5.41, 5.74) is -1.28. The smallest absolute Gasteiger partial charge is 0.323 e. The van der Waals surface area contributed by atoms with Gasteiger partial charge in [0.1, 0.15) is 10.4 Å². The highest BCUT2D eigenvalue weighted by molar-refractivity contribution is 7.12. The molecule has 0 aliphatic carbocycles. The molecule has 0 atom stereocenters. The van der Waals surface area contributed by atoms with Crippen LogP contribution < -0.4 is 0 Å². The van der Waals surface area contributed by atoms with Crippen LogP contribution in [0.15, 0.2) is 17.5 Å². The molecule has 0 aromatic carbocycles. The Labute approximate surface area is 99.0 Å². The maximum atomic E-state index is 12.2. The SMILES string of the molecule is CC1(C)N(O)C(c2cccs2)=[N+]([O-])C1(C)C. The van der Waals surface area contributed by atoms with Crippen LogP contribution in [0.5, 0.6) is 0 Å². The van der Waals surface area contributed by atoms with Crippen LogP contribution >= 0.6 is 11.3 Å². The summed E-state index contributed by atoms with van der Waals surface area (Å²) in [6.07, 6.45) is 0. The van der Waals surface area contributed by atoms with E-state index < -0.39 is 11.1 Å². The molecule has 2 heterocycles. The zero-order valence-corrected chi connectivity index (χ0v) is 10.7. The molecule has 0 radical (unpaired) electrons. The summed E-state index contributed by atoms with van der Waals surface area (Å²) in [5, 5.41) is 25.4. The van der Waals surface area contributed by atoms with Crippen molar-refractivity contribution in [3.63, 3.8) is 0 Å². The van der Waals surface area contributed by atoms with Crippen LogP contribution in [0.2, 0.25) is 0 Å². The highest BCUT2D eigenvalue weighted by atomic mass is 32.1. The van der Waals surface area contributed by atoms with Crippen molar-refractivity contribution in [2.45, 2.75) is 38.8 Å². The first kappa shape index (κ1) is 11.4. The van der Waals surface area contributed by atoms with Gasteiger partial charge in [-0.1, -0.05) is 6.07 Å².